The molecule has 1 atom stereocenters. The molecule has 2 aromatic carbocycles. The lowest BCUT2D eigenvalue weighted by atomic mass is 10.1. The Labute approximate surface area is 182 Å². The Hall–Kier alpha value is -2.80. The summed E-state index contributed by atoms with van der Waals surface area (Å²) in [7, 11) is 0. The summed E-state index contributed by atoms with van der Waals surface area (Å²) in [5.41, 5.74) is 3.50. The molecular formula is C23H28N4O2S. The van der Waals surface area contributed by atoms with Crippen molar-refractivity contribution in [3.8, 4) is 5.75 Å². The maximum atomic E-state index is 12.2. The van der Waals surface area contributed by atoms with Crippen LogP contribution in [0.1, 0.15) is 42.5 Å². The van der Waals surface area contributed by atoms with Crippen molar-refractivity contribution >= 4 is 17.7 Å². The number of benzene rings is 2. The van der Waals surface area contributed by atoms with Crippen LogP contribution in [-0.4, -0.2) is 26.4 Å². The Morgan fingerprint density at radius 3 is 2.60 bits per heavy atom. The third kappa shape index (κ3) is 5.63. The Balaban J connectivity index is 1.59. The molecule has 0 aliphatic heterocycles. The van der Waals surface area contributed by atoms with E-state index in [0.29, 0.717) is 13.1 Å². The minimum Gasteiger partial charge on any atom is -0.483 e. The fourth-order valence-electron chi connectivity index (χ4n) is 3.03. The fraction of sp³-hybridized carbons (Fsp3) is 0.348. The molecule has 1 amide bonds. The summed E-state index contributed by atoms with van der Waals surface area (Å²) in [6, 6.07) is 15.9. The number of rotatable bonds is 9. The van der Waals surface area contributed by atoms with E-state index in [1.807, 2.05) is 60.9 Å². The molecule has 0 saturated carbocycles. The van der Waals surface area contributed by atoms with Gasteiger partial charge in [0, 0.05) is 13.1 Å². The van der Waals surface area contributed by atoms with Crippen LogP contribution in [0, 0.1) is 13.8 Å². The predicted octanol–water partition coefficient (Wildman–Crippen LogP) is 4.46. The van der Waals surface area contributed by atoms with E-state index in [2.05, 4.69) is 35.4 Å². The van der Waals surface area contributed by atoms with E-state index >= 15 is 0 Å². The molecule has 0 aliphatic carbocycles. The maximum absolute atomic E-state index is 12.2. The first-order chi connectivity index (χ1) is 14.5. The molecule has 0 spiro atoms. The lowest BCUT2D eigenvalue weighted by Gasteiger charge is -2.16. The first-order valence-corrected chi connectivity index (χ1v) is 11.1. The molecule has 3 aromatic rings. The highest BCUT2D eigenvalue weighted by Crippen LogP contribution is 2.25. The van der Waals surface area contributed by atoms with E-state index < -0.39 is 0 Å². The van der Waals surface area contributed by atoms with Crippen molar-refractivity contribution in [2.45, 2.75) is 52.0 Å². The quantitative estimate of drug-likeness (QED) is 0.514. The predicted molar refractivity (Wildman–Crippen MR) is 120 cm³/mol. The molecule has 7 heteroatoms. The van der Waals surface area contributed by atoms with Crippen LogP contribution >= 0.6 is 11.8 Å². The number of aryl methyl sites for hydroxylation is 2. The number of nitrogens with zero attached hydrogens (tertiary/aromatic N) is 3. The van der Waals surface area contributed by atoms with E-state index in [4.69, 9.17) is 4.74 Å². The minimum absolute atomic E-state index is 0.0320. The average molecular weight is 425 g/mol. The van der Waals surface area contributed by atoms with Crippen LogP contribution in [0.25, 0.3) is 0 Å². The summed E-state index contributed by atoms with van der Waals surface area (Å²) in [6.45, 7) is 9.37. The largest absolute Gasteiger partial charge is 0.483 e. The molecule has 1 heterocycles. The van der Waals surface area contributed by atoms with Crippen LogP contribution in [0.4, 0.5) is 0 Å². The molecule has 0 saturated heterocycles. The number of hydrogen-bond acceptors (Lipinski definition) is 5. The summed E-state index contributed by atoms with van der Waals surface area (Å²) >= 11 is 1.39. The van der Waals surface area contributed by atoms with Gasteiger partial charge in [0.2, 0.25) is 5.91 Å². The fourth-order valence-corrected chi connectivity index (χ4v) is 3.87. The van der Waals surface area contributed by atoms with Crippen molar-refractivity contribution in [3.05, 3.63) is 71.0 Å². The van der Waals surface area contributed by atoms with Gasteiger partial charge in [0.15, 0.2) is 17.1 Å². The van der Waals surface area contributed by atoms with E-state index in [1.54, 1.807) is 0 Å². The van der Waals surface area contributed by atoms with Gasteiger partial charge in [-0.25, -0.2) is 0 Å². The summed E-state index contributed by atoms with van der Waals surface area (Å²) in [4.78, 5) is 12.2. The SMILES string of the molecule is CCn1c(SCC(=O)NCc2ccccc2)nnc1C(C)Oc1ccc(C)c(C)c1. The topological polar surface area (TPSA) is 69.0 Å². The highest BCUT2D eigenvalue weighted by molar-refractivity contribution is 7.99. The van der Waals surface area contributed by atoms with E-state index in [0.717, 1.165) is 22.3 Å². The van der Waals surface area contributed by atoms with Gasteiger partial charge in [-0.3, -0.25) is 4.79 Å². The number of thioether (sulfide) groups is 1. The van der Waals surface area contributed by atoms with Crippen molar-refractivity contribution in [3.63, 3.8) is 0 Å². The highest BCUT2D eigenvalue weighted by atomic mass is 32.2. The summed E-state index contributed by atoms with van der Waals surface area (Å²) in [6.07, 6.45) is -0.249. The van der Waals surface area contributed by atoms with Gasteiger partial charge in [-0.1, -0.05) is 48.2 Å². The zero-order chi connectivity index (χ0) is 21.5. The van der Waals surface area contributed by atoms with Crippen LogP contribution in [-0.2, 0) is 17.9 Å². The van der Waals surface area contributed by atoms with Crippen LogP contribution in [0.3, 0.4) is 0 Å². The first kappa shape index (κ1) is 21.9. The Morgan fingerprint density at radius 1 is 1.13 bits per heavy atom. The van der Waals surface area contributed by atoms with Crippen molar-refractivity contribution in [2.75, 3.05) is 5.75 Å². The zero-order valence-electron chi connectivity index (χ0n) is 17.9. The second-order valence-electron chi connectivity index (χ2n) is 7.14. The molecule has 3 rings (SSSR count). The second kappa shape index (κ2) is 10.3. The molecule has 1 aromatic heterocycles. The molecule has 1 N–H and O–H groups in total. The number of hydrogen-bond donors (Lipinski definition) is 1. The van der Waals surface area contributed by atoms with Crippen molar-refractivity contribution in [2.24, 2.45) is 0 Å². The molecule has 158 valence electrons. The van der Waals surface area contributed by atoms with Gasteiger partial charge in [0.1, 0.15) is 5.75 Å². The normalized spacial score (nSPS) is 11.9. The maximum Gasteiger partial charge on any atom is 0.230 e. The molecule has 0 aliphatic rings. The Bertz CT molecular complexity index is 988. The number of carbonyl (C=O) groups excluding carboxylic acids is 1. The average Bonchev–Trinajstić information content (AvgIpc) is 3.17. The minimum atomic E-state index is -0.249. The van der Waals surface area contributed by atoms with Crippen LogP contribution in [0.2, 0.25) is 0 Å². The van der Waals surface area contributed by atoms with Crippen LogP contribution < -0.4 is 10.1 Å². The Morgan fingerprint density at radius 2 is 1.90 bits per heavy atom. The van der Waals surface area contributed by atoms with E-state index in [9.17, 15) is 4.79 Å². The van der Waals surface area contributed by atoms with Gasteiger partial charge in [-0.2, -0.15) is 0 Å². The molecule has 30 heavy (non-hydrogen) atoms. The van der Waals surface area contributed by atoms with Crippen LogP contribution in [0.5, 0.6) is 5.75 Å². The van der Waals surface area contributed by atoms with Gasteiger partial charge in [0.05, 0.1) is 5.75 Å². The number of carbonyl (C=O) groups is 1. The van der Waals surface area contributed by atoms with Gasteiger partial charge >= 0.3 is 0 Å². The molecular weight excluding hydrogens is 396 g/mol. The smallest absolute Gasteiger partial charge is 0.230 e. The Kier molecular flexibility index (Phi) is 7.52. The molecule has 0 fully saturated rings. The number of aromatic nitrogens is 3. The highest BCUT2D eigenvalue weighted by Gasteiger charge is 2.19. The molecule has 0 radical (unpaired) electrons. The number of ether oxygens (including phenoxy) is 1. The van der Waals surface area contributed by atoms with Gasteiger partial charge < -0.3 is 14.6 Å². The number of nitrogens with one attached hydrogen (secondary N) is 1. The number of amides is 1. The third-order valence-corrected chi connectivity index (χ3v) is 5.85. The summed E-state index contributed by atoms with van der Waals surface area (Å²) < 4.78 is 8.09. The lowest BCUT2D eigenvalue weighted by Crippen LogP contribution is -2.24. The third-order valence-electron chi connectivity index (χ3n) is 4.88. The van der Waals surface area contributed by atoms with Crippen LogP contribution in [0.15, 0.2) is 53.7 Å². The van der Waals surface area contributed by atoms with E-state index in [1.165, 1.54) is 22.9 Å². The molecule has 0 bridgehead atoms. The zero-order valence-corrected chi connectivity index (χ0v) is 18.7. The standard InChI is InChI=1S/C23H28N4O2S/c1-5-27-22(18(4)29-20-12-11-16(2)17(3)13-20)25-26-23(27)30-15-21(28)24-14-19-9-7-6-8-10-19/h6-13,18H,5,14-15H2,1-4H3,(H,24,28). The summed E-state index contributed by atoms with van der Waals surface area (Å²) in [5, 5.41) is 12.3. The van der Waals surface area contributed by atoms with Gasteiger partial charge in [0.25, 0.3) is 0 Å². The van der Waals surface area contributed by atoms with Gasteiger partial charge in [-0.05, 0) is 56.5 Å². The van der Waals surface area contributed by atoms with E-state index in [-0.39, 0.29) is 17.8 Å². The summed E-state index contributed by atoms with van der Waals surface area (Å²) in [5.74, 6) is 1.82. The lowest BCUT2D eigenvalue weighted by molar-refractivity contribution is -0.118. The van der Waals surface area contributed by atoms with Crippen molar-refractivity contribution in [1.82, 2.24) is 20.1 Å². The monoisotopic (exact) mass is 424 g/mol. The first-order valence-electron chi connectivity index (χ1n) is 10.1. The second-order valence-corrected chi connectivity index (χ2v) is 8.08. The van der Waals surface area contributed by atoms with Gasteiger partial charge in [-0.15, -0.1) is 10.2 Å². The van der Waals surface area contributed by atoms with Crippen molar-refractivity contribution in [1.29, 1.82) is 0 Å². The van der Waals surface area contributed by atoms with Crippen molar-refractivity contribution < 1.29 is 9.53 Å². The molecule has 6 nitrogen and oxygen atoms in total. The molecule has 1 unspecified atom stereocenters.